The zero-order chi connectivity index (χ0) is 17.9. The lowest BCUT2D eigenvalue weighted by molar-refractivity contribution is 0.626. The van der Waals surface area contributed by atoms with Crippen LogP contribution in [0.25, 0.3) is 0 Å². The van der Waals surface area contributed by atoms with E-state index in [9.17, 15) is 0 Å². The van der Waals surface area contributed by atoms with Gasteiger partial charge in [-0.15, -0.1) is 0 Å². The summed E-state index contributed by atoms with van der Waals surface area (Å²) in [7, 11) is 0. The standard InChI is InChI=1S/C20H30N4/c1-13(2)15-9-8-10-16(14(3)4)18(15)22-17-11-12-21-19(23-17)24-20(5,6)7/h8-14H,1-7H3,(H2,21,22,23,24). The molecule has 1 aromatic heterocycles. The van der Waals surface area contributed by atoms with E-state index < -0.39 is 0 Å². The molecule has 1 heterocycles. The van der Waals surface area contributed by atoms with Gasteiger partial charge in [0.1, 0.15) is 5.82 Å². The molecular formula is C20H30N4. The van der Waals surface area contributed by atoms with E-state index in [0.717, 1.165) is 5.82 Å². The molecule has 24 heavy (non-hydrogen) atoms. The van der Waals surface area contributed by atoms with Gasteiger partial charge in [-0.1, -0.05) is 45.9 Å². The summed E-state index contributed by atoms with van der Waals surface area (Å²) in [5.74, 6) is 2.34. The maximum Gasteiger partial charge on any atom is 0.225 e. The molecule has 130 valence electrons. The summed E-state index contributed by atoms with van der Waals surface area (Å²) in [5, 5.41) is 6.86. The third kappa shape index (κ3) is 4.70. The summed E-state index contributed by atoms with van der Waals surface area (Å²) in [6.45, 7) is 15.2. The van der Waals surface area contributed by atoms with Gasteiger partial charge in [-0.3, -0.25) is 0 Å². The average Bonchev–Trinajstić information content (AvgIpc) is 2.45. The van der Waals surface area contributed by atoms with Gasteiger partial charge >= 0.3 is 0 Å². The molecule has 0 radical (unpaired) electrons. The number of hydrogen-bond acceptors (Lipinski definition) is 4. The van der Waals surface area contributed by atoms with Gasteiger partial charge in [0, 0.05) is 17.4 Å². The summed E-state index contributed by atoms with van der Waals surface area (Å²) in [5.41, 5.74) is 3.72. The van der Waals surface area contributed by atoms with Crippen LogP contribution in [0.5, 0.6) is 0 Å². The van der Waals surface area contributed by atoms with Gasteiger partial charge in [-0.25, -0.2) is 4.98 Å². The van der Waals surface area contributed by atoms with E-state index in [2.05, 4.69) is 87.3 Å². The molecular weight excluding hydrogens is 296 g/mol. The van der Waals surface area contributed by atoms with E-state index in [1.165, 1.54) is 16.8 Å². The minimum absolute atomic E-state index is 0.0719. The molecule has 4 nitrogen and oxygen atoms in total. The quantitative estimate of drug-likeness (QED) is 0.742. The Balaban J connectivity index is 2.39. The van der Waals surface area contributed by atoms with Gasteiger partial charge in [0.2, 0.25) is 5.95 Å². The molecule has 0 aliphatic carbocycles. The van der Waals surface area contributed by atoms with Crippen molar-refractivity contribution in [3.8, 4) is 0 Å². The molecule has 0 atom stereocenters. The summed E-state index contributed by atoms with van der Waals surface area (Å²) in [4.78, 5) is 8.94. The molecule has 0 unspecified atom stereocenters. The fraction of sp³-hybridized carbons (Fsp3) is 0.500. The van der Waals surface area contributed by atoms with Crippen molar-refractivity contribution in [1.29, 1.82) is 0 Å². The number of aromatic nitrogens is 2. The fourth-order valence-electron chi connectivity index (χ4n) is 2.65. The van der Waals surface area contributed by atoms with Crippen molar-refractivity contribution in [2.45, 2.75) is 65.8 Å². The lowest BCUT2D eigenvalue weighted by atomic mass is 9.92. The number of anilines is 3. The Morgan fingerprint density at radius 1 is 0.917 bits per heavy atom. The van der Waals surface area contributed by atoms with Crippen LogP contribution in [0.2, 0.25) is 0 Å². The van der Waals surface area contributed by atoms with Crippen molar-refractivity contribution in [3.63, 3.8) is 0 Å². The molecule has 2 N–H and O–H groups in total. The molecule has 0 fully saturated rings. The van der Waals surface area contributed by atoms with Crippen molar-refractivity contribution in [2.24, 2.45) is 0 Å². The zero-order valence-corrected chi connectivity index (χ0v) is 15.9. The Hall–Kier alpha value is -2.10. The van der Waals surface area contributed by atoms with E-state index in [-0.39, 0.29) is 5.54 Å². The molecule has 0 bridgehead atoms. The predicted molar refractivity (Wildman–Crippen MR) is 103 cm³/mol. The maximum atomic E-state index is 4.62. The van der Waals surface area contributed by atoms with Crippen LogP contribution in [0.15, 0.2) is 30.5 Å². The topological polar surface area (TPSA) is 49.8 Å². The second kappa shape index (κ2) is 7.20. The second-order valence-corrected chi connectivity index (χ2v) is 7.89. The highest BCUT2D eigenvalue weighted by molar-refractivity contribution is 5.67. The van der Waals surface area contributed by atoms with E-state index in [0.29, 0.717) is 17.8 Å². The van der Waals surface area contributed by atoms with Crippen LogP contribution < -0.4 is 10.6 Å². The van der Waals surface area contributed by atoms with Crippen molar-refractivity contribution >= 4 is 17.5 Å². The Morgan fingerprint density at radius 2 is 1.50 bits per heavy atom. The summed E-state index contributed by atoms with van der Waals surface area (Å²) < 4.78 is 0. The van der Waals surface area contributed by atoms with Gasteiger partial charge in [-0.2, -0.15) is 4.98 Å². The van der Waals surface area contributed by atoms with E-state index >= 15 is 0 Å². The molecule has 1 aromatic carbocycles. The fourth-order valence-corrected chi connectivity index (χ4v) is 2.65. The second-order valence-electron chi connectivity index (χ2n) is 7.89. The van der Waals surface area contributed by atoms with Crippen molar-refractivity contribution in [1.82, 2.24) is 9.97 Å². The predicted octanol–water partition coefficient (Wildman–Crippen LogP) is 5.68. The van der Waals surface area contributed by atoms with Crippen molar-refractivity contribution < 1.29 is 0 Å². The molecule has 0 saturated carbocycles. The highest BCUT2D eigenvalue weighted by Gasteiger charge is 2.15. The molecule has 0 saturated heterocycles. The lowest BCUT2D eigenvalue weighted by Gasteiger charge is -2.22. The zero-order valence-electron chi connectivity index (χ0n) is 15.9. The average molecular weight is 326 g/mol. The Kier molecular flexibility index (Phi) is 5.47. The van der Waals surface area contributed by atoms with Crippen LogP contribution in [0.3, 0.4) is 0 Å². The van der Waals surface area contributed by atoms with Crippen LogP contribution >= 0.6 is 0 Å². The number of rotatable bonds is 5. The first-order chi connectivity index (χ1) is 11.2. The van der Waals surface area contributed by atoms with Crippen LogP contribution in [0.4, 0.5) is 17.5 Å². The lowest BCUT2D eigenvalue weighted by Crippen LogP contribution is -2.27. The molecule has 0 amide bonds. The van der Waals surface area contributed by atoms with Gasteiger partial charge in [0.15, 0.2) is 0 Å². The monoisotopic (exact) mass is 326 g/mol. The minimum atomic E-state index is -0.0719. The number of nitrogens with one attached hydrogen (secondary N) is 2. The summed E-state index contributed by atoms with van der Waals surface area (Å²) >= 11 is 0. The van der Waals surface area contributed by atoms with E-state index in [1.807, 2.05) is 6.07 Å². The Labute approximate surface area is 146 Å². The van der Waals surface area contributed by atoms with Gasteiger partial charge in [0.25, 0.3) is 0 Å². The summed E-state index contributed by atoms with van der Waals surface area (Å²) in [6.07, 6.45) is 1.79. The molecule has 0 aliphatic rings. The molecule has 0 aliphatic heterocycles. The van der Waals surface area contributed by atoms with Crippen LogP contribution in [-0.4, -0.2) is 15.5 Å². The van der Waals surface area contributed by atoms with Gasteiger partial charge < -0.3 is 10.6 Å². The number of benzene rings is 1. The Morgan fingerprint density at radius 3 is 2.00 bits per heavy atom. The third-order valence-corrected chi connectivity index (χ3v) is 3.77. The maximum absolute atomic E-state index is 4.62. The van der Waals surface area contributed by atoms with Crippen molar-refractivity contribution in [2.75, 3.05) is 10.6 Å². The SMILES string of the molecule is CC(C)c1cccc(C(C)C)c1Nc1ccnc(NC(C)(C)C)n1. The first kappa shape index (κ1) is 18.2. The molecule has 2 aromatic rings. The van der Waals surface area contributed by atoms with E-state index in [1.54, 1.807) is 6.20 Å². The van der Waals surface area contributed by atoms with Gasteiger partial charge in [0.05, 0.1) is 0 Å². The number of para-hydroxylation sites is 1. The third-order valence-electron chi connectivity index (χ3n) is 3.77. The van der Waals surface area contributed by atoms with Gasteiger partial charge in [-0.05, 0) is 49.8 Å². The van der Waals surface area contributed by atoms with Crippen LogP contribution in [0, 0.1) is 0 Å². The molecule has 2 rings (SSSR count). The van der Waals surface area contributed by atoms with Crippen LogP contribution in [-0.2, 0) is 0 Å². The molecule has 0 spiro atoms. The normalized spacial score (nSPS) is 11.9. The van der Waals surface area contributed by atoms with Crippen molar-refractivity contribution in [3.05, 3.63) is 41.6 Å². The highest BCUT2D eigenvalue weighted by Crippen LogP contribution is 2.34. The first-order valence-electron chi connectivity index (χ1n) is 8.68. The summed E-state index contributed by atoms with van der Waals surface area (Å²) in [6, 6.07) is 8.43. The van der Waals surface area contributed by atoms with E-state index in [4.69, 9.17) is 0 Å². The molecule has 4 heteroatoms. The highest BCUT2D eigenvalue weighted by atomic mass is 15.2. The number of hydrogen-bond donors (Lipinski definition) is 2. The first-order valence-corrected chi connectivity index (χ1v) is 8.68. The largest absolute Gasteiger partial charge is 0.350 e. The number of nitrogens with zero attached hydrogens (tertiary/aromatic N) is 2. The Bertz CT molecular complexity index is 658. The minimum Gasteiger partial charge on any atom is -0.350 e. The smallest absolute Gasteiger partial charge is 0.225 e. The van der Waals surface area contributed by atoms with Crippen LogP contribution in [0.1, 0.15) is 71.4 Å².